The summed E-state index contributed by atoms with van der Waals surface area (Å²) in [4.78, 5) is 24.9. The zero-order valence-corrected chi connectivity index (χ0v) is 10.4. The van der Waals surface area contributed by atoms with Gasteiger partial charge in [-0.25, -0.2) is 4.90 Å². The SMILES string of the molecule is C=C(C)CC1(O)C(=O)N(C(C)=O)c2ccccc21. The van der Waals surface area contributed by atoms with Crippen molar-refractivity contribution < 1.29 is 14.7 Å². The van der Waals surface area contributed by atoms with Crippen molar-refractivity contribution >= 4 is 17.5 Å². The summed E-state index contributed by atoms with van der Waals surface area (Å²) in [6.45, 7) is 6.77. The number of carbonyl (C=O) groups is 2. The number of para-hydroxylation sites is 1. The van der Waals surface area contributed by atoms with Gasteiger partial charge in [-0.2, -0.15) is 0 Å². The summed E-state index contributed by atoms with van der Waals surface area (Å²) in [5.41, 5.74) is -0.0633. The molecule has 1 unspecified atom stereocenters. The third kappa shape index (κ3) is 1.66. The van der Waals surface area contributed by atoms with Gasteiger partial charge < -0.3 is 5.11 Å². The number of hydrogen-bond acceptors (Lipinski definition) is 3. The Labute approximate surface area is 106 Å². The van der Waals surface area contributed by atoms with Gasteiger partial charge in [-0.05, 0) is 13.0 Å². The lowest BCUT2D eigenvalue weighted by Crippen LogP contribution is -2.42. The Morgan fingerprint density at radius 2 is 2.00 bits per heavy atom. The Morgan fingerprint density at radius 1 is 1.39 bits per heavy atom. The van der Waals surface area contributed by atoms with Crippen LogP contribution in [0.15, 0.2) is 36.4 Å². The molecule has 94 valence electrons. The Kier molecular flexibility index (Phi) is 2.83. The quantitative estimate of drug-likeness (QED) is 0.807. The first-order valence-electron chi connectivity index (χ1n) is 5.69. The molecular formula is C14H15NO3. The van der Waals surface area contributed by atoms with Crippen LogP contribution in [0.1, 0.15) is 25.8 Å². The van der Waals surface area contributed by atoms with Gasteiger partial charge in [-0.15, -0.1) is 6.58 Å². The van der Waals surface area contributed by atoms with Crippen molar-refractivity contribution in [2.45, 2.75) is 25.9 Å². The molecule has 1 aromatic rings. The fraction of sp³-hybridized carbons (Fsp3) is 0.286. The maximum absolute atomic E-state index is 12.3. The van der Waals surface area contributed by atoms with Crippen molar-refractivity contribution in [1.82, 2.24) is 0 Å². The predicted molar refractivity (Wildman–Crippen MR) is 67.9 cm³/mol. The second kappa shape index (κ2) is 4.07. The molecule has 1 aliphatic heterocycles. The average Bonchev–Trinajstić information content (AvgIpc) is 2.48. The van der Waals surface area contributed by atoms with Gasteiger partial charge in [-0.3, -0.25) is 9.59 Å². The molecule has 0 fully saturated rings. The van der Waals surface area contributed by atoms with Gasteiger partial charge in [0.25, 0.3) is 5.91 Å². The molecule has 2 rings (SSSR count). The molecule has 0 aliphatic carbocycles. The molecule has 0 spiro atoms. The number of fused-ring (bicyclic) bond motifs is 1. The van der Waals surface area contributed by atoms with Crippen LogP contribution in [0, 0.1) is 0 Å². The number of anilines is 1. The number of hydrogen-bond donors (Lipinski definition) is 1. The molecule has 0 saturated carbocycles. The second-order valence-corrected chi connectivity index (χ2v) is 4.67. The van der Waals surface area contributed by atoms with E-state index in [-0.39, 0.29) is 6.42 Å². The maximum Gasteiger partial charge on any atom is 0.270 e. The van der Waals surface area contributed by atoms with E-state index >= 15 is 0 Å². The van der Waals surface area contributed by atoms with Crippen LogP contribution >= 0.6 is 0 Å². The van der Waals surface area contributed by atoms with Crippen LogP contribution in [0.3, 0.4) is 0 Å². The van der Waals surface area contributed by atoms with Gasteiger partial charge in [0.15, 0.2) is 5.60 Å². The highest BCUT2D eigenvalue weighted by Gasteiger charge is 2.50. The van der Waals surface area contributed by atoms with Gasteiger partial charge in [-0.1, -0.05) is 23.8 Å². The number of rotatable bonds is 2. The molecule has 1 N–H and O–H groups in total. The molecule has 1 heterocycles. The van der Waals surface area contributed by atoms with Gasteiger partial charge in [0.2, 0.25) is 5.91 Å². The van der Waals surface area contributed by atoms with E-state index in [1.165, 1.54) is 6.92 Å². The van der Waals surface area contributed by atoms with Crippen molar-refractivity contribution in [3.63, 3.8) is 0 Å². The van der Waals surface area contributed by atoms with E-state index in [4.69, 9.17) is 0 Å². The maximum atomic E-state index is 12.3. The lowest BCUT2D eigenvalue weighted by atomic mass is 9.89. The van der Waals surface area contributed by atoms with Crippen LogP contribution in [0.2, 0.25) is 0 Å². The summed E-state index contributed by atoms with van der Waals surface area (Å²) in [6, 6.07) is 6.79. The molecule has 2 amide bonds. The summed E-state index contributed by atoms with van der Waals surface area (Å²) >= 11 is 0. The van der Waals surface area contributed by atoms with Crippen molar-refractivity contribution in [3.05, 3.63) is 42.0 Å². The van der Waals surface area contributed by atoms with Gasteiger partial charge in [0.1, 0.15) is 0 Å². The lowest BCUT2D eigenvalue weighted by Gasteiger charge is -2.22. The third-order valence-corrected chi connectivity index (χ3v) is 3.02. The fourth-order valence-electron chi connectivity index (χ4n) is 2.35. The summed E-state index contributed by atoms with van der Waals surface area (Å²) in [5, 5.41) is 10.6. The Hall–Kier alpha value is -1.94. The molecule has 1 aromatic carbocycles. The zero-order valence-electron chi connectivity index (χ0n) is 10.4. The standard InChI is InChI=1S/C14H15NO3/c1-9(2)8-14(18)11-6-4-5-7-12(11)15(10(3)16)13(14)17/h4-7,18H,1,8H2,2-3H3. The summed E-state index contributed by atoms with van der Waals surface area (Å²) < 4.78 is 0. The number of nitrogens with zero attached hydrogens (tertiary/aromatic N) is 1. The molecule has 4 heteroatoms. The highest BCUT2D eigenvalue weighted by atomic mass is 16.3. The van der Waals surface area contributed by atoms with Crippen LogP contribution in [0.4, 0.5) is 5.69 Å². The molecule has 1 aliphatic rings. The number of carbonyl (C=O) groups excluding carboxylic acids is 2. The van der Waals surface area contributed by atoms with Crippen molar-refractivity contribution in [2.24, 2.45) is 0 Å². The summed E-state index contributed by atoms with van der Waals surface area (Å²) in [5.74, 6) is -0.996. The van der Waals surface area contributed by atoms with E-state index in [1.54, 1.807) is 31.2 Å². The molecule has 1 atom stereocenters. The summed E-state index contributed by atoms with van der Waals surface area (Å²) in [6.07, 6.45) is 0.118. The van der Waals surface area contributed by atoms with E-state index in [2.05, 4.69) is 6.58 Å². The summed E-state index contributed by atoms with van der Waals surface area (Å²) in [7, 11) is 0. The first kappa shape index (κ1) is 12.5. The Bertz CT molecular complexity index is 550. The van der Waals surface area contributed by atoms with Gasteiger partial charge >= 0.3 is 0 Å². The van der Waals surface area contributed by atoms with Gasteiger partial charge in [0.05, 0.1) is 5.69 Å². The molecule has 0 radical (unpaired) electrons. The first-order chi connectivity index (χ1) is 8.38. The minimum absolute atomic E-state index is 0.118. The van der Waals surface area contributed by atoms with E-state index in [9.17, 15) is 14.7 Å². The molecule has 18 heavy (non-hydrogen) atoms. The smallest absolute Gasteiger partial charge is 0.270 e. The average molecular weight is 245 g/mol. The molecule has 4 nitrogen and oxygen atoms in total. The van der Waals surface area contributed by atoms with Crippen LogP contribution < -0.4 is 4.90 Å². The van der Waals surface area contributed by atoms with E-state index in [0.29, 0.717) is 16.8 Å². The number of benzene rings is 1. The predicted octanol–water partition coefficient (Wildman–Crippen LogP) is 1.73. The van der Waals surface area contributed by atoms with Crippen molar-refractivity contribution in [3.8, 4) is 0 Å². The highest BCUT2D eigenvalue weighted by molar-refractivity contribution is 6.21. The van der Waals surface area contributed by atoms with E-state index in [1.807, 2.05) is 0 Å². The van der Waals surface area contributed by atoms with Crippen LogP contribution in [-0.2, 0) is 15.2 Å². The molecule has 0 bridgehead atoms. The first-order valence-corrected chi connectivity index (χ1v) is 5.69. The third-order valence-electron chi connectivity index (χ3n) is 3.02. The van der Waals surface area contributed by atoms with Gasteiger partial charge in [0, 0.05) is 18.9 Å². The highest BCUT2D eigenvalue weighted by Crippen LogP contribution is 2.43. The normalized spacial score (nSPS) is 21.9. The zero-order chi connectivity index (χ0) is 13.5. The van der Waals surface area contributed by atoms with E-state index in [0.717, 1.165) is 4.90 Å². The largest absolute Gasteiger partial charge is 0.375 e. The number of imide groups is 1. The van der Waals surface area contributed by atoms with Crippen LogP contribution in [0.5, 0.6) is 0 Å². The Morgan fingerprint density at radius 3 is 2.56 bits per heavy atom. The topological polar surface area (TPSA) is 57.6 Å². The van der Waals surface area contributed by atoms with Crippen LogP contribution in [0.25, 0.3) is 0 Å². The van der Waals surface area contributed by atoms with Crippen molar-refractivity contribution in [1.29, 1.82) is 0 Å². The number of aliphatic hydroxyl groups is 1. The fourth-order valence-corrected chi connectivity index (χ4v) is 2.35. The molecule has 0 saturated heterocycles. The molecular weight excluding hydrogens is 230 g/mol. The van der Waals surface area contributed by atoms with E-state index < -0.39 is 17.4 Å². The lowest BCUT2D eigenvalue weighted by molar-refractivity contribution is -0.138. The van der Waals surface area contributed by atoms with Crippen molar-refractivity contribution in [2.75, 3.05) is 4.90 Å². The monoisotopic (exact) mass is 245 g/mol. The minimum atomic E-state index is -1.67. The second-order valence-electron chi connectivity index (χ2n) is 4.67. The van der Waals surface area contributed by atoms with Crippen LogP contribution in [-0.4, -0.2) is 16.9 Å². The minimum Gasteiger partial charge on any atom is -0.375 e. The molecule has 0 aromatic heterocycles. The number of amides is 2. The Balaban J connectivity index is 2.61.